The summed E-state index contributed by atoms with van der Waals surface area (Å²) in [4.78, 5) is 11.3. The van der Waals surface area contributed by atoms with Gasteiger partial charge in [0.25, 0.3) is 0 Å². The Hall–Kier alpha value is -0.570. The maximum atomic E-state index is 11.3. The van der Waals surface area contributed by atoms with Crippen LogP contribution in [0, 0.1) is 5.41 Å². The van der Waals surface area contributed by atoms with Crippen molar-refractivity contribution in [3.05, 3.63) is 0 Å². The van der Waals surface area contributed by atoms with Crippen molar-refractivity contribution in [2.75, 3.05) is 7.11 Å². The van der Waals surface area contributed by atoms with Gasteiger partial charge in [-0.15, -0.1) is 0 Å². The van der Waals surface area contributed by atoms with Gasteiger partial charge in [-0.25, -0.2) is 0 Å². The van der Waals surface area contributed by atoms with Crippen molar-refractivity contribution < 1.29 is 9.53 Å². The Bertz CT molecular complexity index is 189. The highest BCUT2D eigenvalue weighted by molar-refractivity contribution is 5.81. The summed E-state index contributed by atoms with van der Waals surface area (Å²) < 4.78 is 4.90. The van der Waals surface area contributed by atoms with Gasteiger partial charge in [-0.3, -0.25) is 4.79 Å². The van der Waals surface area contributed by atoms with Gasteiger partial charge in [0.2, 0.25) is 5.91 Å². The lowest BCUT2D eigenvalue weighted by atomic mass is 10.2. The van der Waals surface area contributed by atoms with Crippen LogP contribution in [-0.4, -0.2) is 25.2 Å². The third-order valence-corrected chi connectivity index (χ3v) is 2.55. The van der Waals surface area contributed by atoms with Crippen molar-refractivity contribution in [3.63, 3.8) is 0 Å². The second-order valence-corrected chi connectivity index (χ2v) is 4.13. The molecule has 0 spiro atoms. The summed E-state index contributed by atoms with van der Waals surface area (Å²) in [6.07, 6.45) is 0.747. The summed E-state index contributed by atoms with van der Waals surface area (Å²) in [6, 6.07) is 0.350. The zero-order valence-corrected chi connectivity index (χ0v) is 8.18. The van der Waals surface area contributed by atoms with Crippen LogP contribution in [0.3, 0.4) is 0 Å². The molecule has 1 rings (SSSR count). The zero-order valence-electron chi connectivity index (χ0n) is 8.18. The van der Waals surface area contributed by atoms with Crippen molar-refractivity contribution in [1.29, 1.82) is 0 Å². The fourth-order valence-corrected chi connectivity index (χ4v) is 1.11. The van der Waals surface area contributed by atoms with E-state index in [9.17, 15) is 4.79 Å². The molecule has 1 aliphatic rings. The Labute approximate surface area is 73.5 Å². The maximum absolute atomic E-state index is 11.3. The third kappa shape index (κ3) is 1.97. The molecule has 2 unspecified atom stereocenters. The molecule has 0 radical (unpaired) electrons. The summed E-state index contributed by atoms with van der Waals surface area (Å²) >= 11 is 0. The summed E-state index contributed by atoms with van der Waals surface area (Å²) in [7, 11) is 1.54. The fraction of sp³-hybridized carbons (Fsp3) is 0.889. The van der Waals surface area contributed by atoms with Crippen LogP contribution < -0.4 is 5.32 Å². The minimum absolute atomic E-state index is 0.00641. The number of rotatable bonds is 3. The SMILES string of the molecule is COC(C)C(=O)NC1CC1(C)C. The molecule has 0 aromatic rings. The molecule has 3 heteroatoms. The van der Waals surface area contributed by atoms with E-state index in [-0.39, 0.29) is 12.0 Å². The number of carbonyl (C=O) groups is 1. The highest BCUT2D eigenvalue weighted by atomic mass is 16.5. The van der Waals surface area contributed by atoms with Crippen molar-refractivity contribution >= 4 is 5.91 Å². The molecule has 1 saturated carbocycles. The second-order valence-electron chi connectivity index (χ2n) is 4.13. The first kappa shape index (κ1) is 9.52. The lowest BCUT2D eigenvalue weighted by molar-refractivity contribution is -0.130. The summed E-state index contributed by atoms with van der Waals surface area (Å²) in [5.41, 5.74) is 0.295. The number of methoxy groups -OCH3 is 1. The van der Waals surface area contributed by atoms with Crippen LogP contribution >= 0.6 is 0 Å². The van der Waals surface area contributed by atoms with E-state index in [1.54, 1.807) is 14.0 Å². The van der Waals surface area contributed by atoms with E-state index in [1.807, 2.05) is 0 Å². The molecule has 1 aliphatic carbocycles. The standard InChI is InChI=1S/C9H17NO2/c1-6(12-4)8(11)10-7-5-9(7,2)3/h6-7H,5H2,1-4H3,(H,10,11). The average molecular weight is 171 g/mol. The summed E-state index contributed by atoms with van der Waals surface area (Å²) in [5.74, 6) is -0.00641. The van der Waals surface area contributed by atoms with Gasteiger partial charge in [-0.05, 0) is 18.8 Å². The Balaban J connectivity index is 2.29. The van der Waals surface area contributed by atoms with E-state index in [0.717, 1.165) is 6.42 Å². The molecular weight excluding hydrogens is 154 g/mol. The Morgan fingerprint density at radius 2 is 2.17 bits per heavy atom. The molecule has 12 heavy (non-hydrogen) atoms. The topological polar surface area (TPSA) is 38.3 Å². The third-order valence-electron chi connectivity index (χ3n) is 2.55. The molecular formula is C9H17NO2. The highest BCUT2D eigenvalue weighted by Crippen LogP contribution is 2.44. The minimum Gasteiger partial charge on any atom is -0.372 e. The van der Waals surface area contributed by atoms with E-state index in [2.05, 4.69) is 19.2 Å². The van der Waals surface area contributed by atoms with Crippen LogP contribution in [0.5, 0.6) is 0 Å². The van der Waals surface area contributed by atoms with Gasteiger partial charge < -0.3 is 10.1 Å². The van der Waals surface area contributed by atoms with Crippen molar-refractivity contribution in [1.82, 2.24) is 5.32 Å². The lowest BCUT2D eigenvalue weighted by Crippen LogP contribution is -2.36. The first-order valence-corrected chi connectivity index (χ1v) is 4.30. The molecule has 70 valence electrons. The van der Waals surface area contributed by atoms with Crippen molar-refractivity contribution in [2.45, 2.75) is 39.3 Å². The monoisotopic (exact) mass is 171 g/mol. The molecule has 0 bridgehead atoms. The Morgan fingerprint density at radius 3 is 2.50 bits per heavy atom. The maximum Gasteiger partial charge on any atom is 0.249 e. The van der Waals surface area contributed by atoms with E-state index >= 15 is 0 Å². The molecule has 0 saturated heterocycles. The highest BCUT2D eigenvalue weighted by Gasteiger charge is 2.46. The number of carbonyl (C=O) groups excluding carboxylic acids is 1. The summed E-state index contributed by atoms with van der Waals surface area (Å²) in [6.45, 7) is 6.05. The first-order valence-electron chi connectivity index (χ1n) is 4.30. The van der Waals surface area contributed by atoms with Crippen LogP contribution in [0.2, 0.25) is 0 Å². The normalized spacial score (nSPS) is 27.8. The van der Waals surface area contributed by atoms with Gasteiger partial charge in [-0.2, -0.15) is 0 Å². The number of hydrogen-bond donors (Lipinski definition) is 1. The number of ether oxygens (including phenoxy) is 1. The van der Waals surface area contributed by atoms with Gasteiger partial charge in [0.05, 0.1) is 0 Å². The number of amides is 1. The quantitative estimate of drug-likeness (QED) is 0.686. The average Bonchev–Trinajstić information content (AvgIpc) is 2.57. The molecule has 0 aromatic heterocycles. The Morgan fingerprint density at radius 1 is 1.67 bits per heavy atom. The molecule has 0 aromatic carbocycles. The predicted octanol–water partition coefficient (Wildman–Crippen LogP) is 0.936. The second kappa shape index (κ2) is 3.05. The molecule has 1 fully saturated rings. The van der Waals surface area contributed by atoms with Gasteiger partial charge in [0, 0.05) is 13.2 Å². The van der Waals surface area contributed by atoms with Crippen LogP contribution in [0.15, 0.2) is 0 Å². The molecule has 1 N–H and O–H groups in total. The lowest BCUT2D eigenvalue weighted by Gasteiger charge is -2.11. The van der Waals surface area contributed by atoms with Crippen molar-refractivity contribution in [3.8, 4) is 0 Å². The number of nitrogens with one attached hydrogen (secondary N) is 1. The van der Waals surface area contributed by atoms with Gasteiger partial charge >= 0.3 is 0 Å². The molecule has 1 amide bonds. The van der Waals surface area contributed by atoms with Gasteiger partial charge in [0.15, 0.2) is 0 Å². The van der Waals surface area contributed by atoms with E-state index < -0.39 is 0 Å². The predicted molar refractivity (Wildman–Crippen MR) is 46.8 cm³/mol. The van der Waals surface area contributed by atoms with Crippen LogP contribution in [-0.2, 0) is 9.53 Å². The van der Waals surface area contributed by atoms with Crippen LogP contribution in [0.4, 0.5) is 0 Å². The minimum atomic E-state index is -0.332. The van der Waals surface area contributed by atoms with E-state index in [1.165, 1.54) is 0 Å². The first-order chi connectivity index (χ1) is 5.47. The van der Waals surface area contributed by atoms with E-state index in [0.29, 0.717) is 11.5 Å². The van der Waals surface area contributed by atoms with Crippen LogP contribution in [0.1, 0.15) is 27.2 Å². The van der Waals surface area contributed by atoms with E-state index in [4.69, 9.17) is 4.74 Å². The van der Waals surface area contributed by atoms with Gasteiger partial charge in [-0.1, -0.05) is 13.8 Å². The van der Waals surface area contributed by atoms with Crippen molar-refractivity contribution in [2.24, 2.45) is 5.41 Å². The van der Waals surface area contributed by atoms with Gasteiger partial charge in [0.1, 0.15) is 6.10 Å². The largest absolute Gasteiger partial charge is 0.372 e. The fourth-order valence-electron chi connectivity index (χ4n) is 1.11. The molecule has 0 aliphatic heterocycles. The molecule has 3 nitrogen and oxygen atoms in total. The smallest absolute Gasteiger partial charge is 0.249 e. The zero-order chi connectivity index (χ0) is 9.35. The van der Waals surface area contributed by atoms with Crippen LogP contribution in [0.25, 0.3) is 0 Å². The Kier molecular flexibility index (Phi) is 2.42. The molecule has 2 atom stereocenters. The summed E-state index contributed by atoms with van der Waals surface area (Å²) in [5, 5.41) is 2.93. The molecule has 0 heterocycles. The number of hydrogen-bond acceptors (Lipinski definition) is 2.